The summed E-state index contributed by atoms with van der Waals surface area (Å²) in [5.41, 5.74) is 0.825. The highest BCUT2D eigenvalue weighted by molar-refractivity contribution is 6.30. The minimum absolute atomic E-state index is 0.150. The smallest absolute Gasteiger partial charge is 0.330 e. The molecule has 1 heterocycles. The zero-order chi connectivity index (χ0) is 16.8. The highest BCUT2D eigenvalue weighted by Gasteiger charge is 2.12. The molecule has 0 bridgehead atoms. The van der Waals surface area contributed by atoms with Gasteiger partial charge in [0, 0.05) is 11.1 Å². The largest absolute Gasteiger partial charge is 0.490 e. The van der Waals surface area contributed by atoms with Gasteiger partial charge in [-0.05, 0) is 42.0 Å². The number of hydrogen-bond donors (Lipinski definition) is 0. The molecule has 0 saturated heterocycles. The number of carbonyl (C=O) groups excluding carboxylic acids is 1. The molecule has 24 heavy (non-hydrogen) atoms. The zero-order valence-corrected chi connectivity index (χ0v) is 13.5. The van der Waals surface area contributed by atoms with Crippen LogP contribution in [0.1, 0.15) is 5.56 Å². The first-order chi connectivity index (χ1) is 11.7. The molecule has 0 atom stereocenters. The second-order valence-corrected chi connectivity index (χ2v) is 5.36. The maximum atomic E-state index is 11.7. The summed E-state index contributed by atoms with van der Waals surface area (Å²) in [4.78, 5) is 11.7. The normalized spacial score (nSPS) is 12.4. The summed E-state index contributed by atoms with van der Waals surface area (Å²) in [6.07, 6.45) is 3.01. The van der Waals surface area contributed by atoms with E-state index in [1.165, 1.54) is 6.08 Å². The van der Waals surface area contributed by atoms with E-state index in [0.717, 1.165) is 5.56 Å². The van der Waals surface area contributed by atoms with E-state index in [4.69, 9.17) is 30.5 Å². The van der Waals surface area contributed by atoms with Crippen LogP contribution in [0.25, 0.3) is 6.08 Å². The molecule has 0 fully saturated rings. The Morgan fingerprint density at radius 3 is 2.88 bits per heavy atom. The van der Waals surface area contributed by atoms with Gasteiger partial charge in [0.25, 0.3) is 0 Å². The lowest BCUT2D eigenvalue weighted by Crippen LogP contribution is -2.10. The van der Waals surface area contributed by atoms with Gasteiger partial charge in [-0.2, -0.15) is 0 Å². The third-order valence-electron chi connectivity index (χ3n) is 3.20. The van der Waals surface area contributed by atoms with Crippen molar-refractivity contribution in [2.75, 3.05) is 20.0 Å². The Hall–Kier alpha value is -2.66. The number of esters is 1. The summed E-state index contributed by atoms with van der Waals surface area (Å²) in [6.45, 7) is 0.623. The molecule has 0 unspecified atom stereocenters. The molecular weight excluding hydrogens is 332 g/mol. The molecule has 5 nitrogen and oxygen atoms in total. The predicted octanol–water partition coefficient (Wildman–Crippen LogP) is 3.70. The van der Waals surface area contributed by atoms with Gasteiger partial charge in [0.05, 0.1) is 0 Å². The number of rotatable bonds is 6. The third-order valence-corrected chi connectivity index (χ3v) is 3.44. The quantitative estimate of drug-likeness (QED) is 0.453. The highest BCUT2D eigenvalue weighted by atomic mass is 35.5. The van der Waals surface area contributed by atoms with Crippen LogP contribution in [-0.2, 0) is 9.53 Å². The average Bonchev–Trinajstić information content (AvgIpc) is 3.05. The SMILES string of the molecule is O=C(C=Cc1ccc2c(c1)OCO2)OCCOc1cccc(Cl)c1. The fraction of sp³-hybridized carbons (Fsp3) is 0.167. The first-order valence-corrected chi connectivity index (χ1v) is 7.71. The lowest BCUT2D eigenvalue weighted by atomic mass is 10.2. The Morgan fingerprint density at radius 2 is 2.00 bits per heavy atom. The van der Waals surface area contributed by atoms with Crippen LogP contribution in [0.3, 0.4) is 0 Å². The van der Waals surface area contributed by atoms with Crippen LogP contribution in [0.2, 0.25) is 5.02 Å². The second-order valence-electron chi connectivity index (χ2n) is 4.92. The molecule has 0 aliphatic carbocycles. The fourth-order valence-electron chi connectivity index (χ4n) is 2.09. The van der Waals surface area contributed by atoms with Gasteiger partial charge in [-0.25, -0.2) is 4.79 Å². The molecule has 1 aliphatic rings. The minimum Gasteiger partial charge on any atom is -0.490 e. The summed E-state index contributed by atoms with van der Waals surface area (Å²) in [5.74, 6) is 1.56. The molecule has 0 amide bonds. The van der Waals surface area contributed by atoms with E-state index < -0.39 is 5.97 Å². The van der Waals surface area contributed by atoms with Gasteiger partial charge in [-0.3, -0.25) is 0 Å². The number of halogens is 1. The standard InChI is InChI=1S/C18H15ClO5/c19-14-2-1-3-15(11-14)21-8-9-22-18(20)7-5-13-4-6-16-17(10-13)24-12-23-16/h1-7,10-11H,8-9,12H2. The third kappa shape index (κ3) is 4.43. The second kappa shape index (κ2) is 7.75. The summed E-state index contributed by atoms with van der Waals surface area (Å²) in [7, 11) is 0. The van der Waals surface area contributed by atoms with Crippen LogP contribution in [0.15, 0.2) is 48.5 Å². The van der Waals surface area contributed by atoms with E-state index in [9.17, 15) is 4.79 Å². The molecule has 124 valence electrons. The summed E-state index contributed by atoms with van der Waals surface area (Å²) >= 11 is 5.85. The lowest BCUT2D eigenvalue weighted by molar-refractivity contribution is -0.138. The summed E-state index contributed by atoms with van der Waals surface area (Å²) in [5, 5.41) is 0.594. The Balaban J connectivity index is 1.42. The molecule has 0 aromatic heterocycles. The summed E-state index contributed by atoms with van der Waals surface area (Å²) < 4.78 is 21.0. The van der Waals surface area contributed by atoms with Crippen LogP contribution < -0.4 is 14.2 Å². The molecule has 0 spiro atoms. The van der Waals surface area contributed by atoms with E-state index in [0.29, 0.717) is 22.3 Å². The van der Waals surface area contributed by atoms with E-state index >= 15 is 0 Å². The van der Waals surface area contributed by atoms with Crippen LogP contribution in [0.5, 0.6) is 17.2 Å². The van der Waals surface area contributed by atoms with Crippen molar-refractivity contribution in [1.29, 1.82) is 0 Å². The monoisotopic (exact) mass is 346 g/mol. The first-order valence-electron chi connectivity index (χ1n) is 7.33. The molecule has 0 saturated carbocycles. The topological polar surface area (TPSA) is 54.0 Å². The number of benzene rings is 2. The first kappa shape index (κ1) is 16.2. The van der Waals surface area contributed by atoms with Crippen molar-refractivity contribution < 1.29 is 23.7 Å². The van der Waals surface area contributed by atoms with Crippen molar-refractivity contribution in [3.05, 3.63) is 59.1 Å². The molecule has 0 N–H and O–H groups in total. The molecule has 0 radical (unpaired) electrons. The van der Waals surface area contributed by atoms with Gasteiger partial charge in [0.15, 0.2) is 11.5 Å². The number of ether oxygens (including phenoxy) is 4. The van der Waals surface area contributed by atoms with Crippen LogP contribution in [-0.4, -0.2) is 26.0 Å². The summed E-state index contributed by atoms with van der Waals surface area (Å²) in [6, 6.07) is 12.5. The fourth-order valence-corrected chi connectivity index (χ4v) is 2.27. The van der Waals surface area contributed by atoms with Gasteiger partial charge >= 0.3 is 5.97 Å². The molecule has 2 aromatic carbocycles. The average molecular weight is 347 g/mol. The van der Waals surface area contributed by atoms with Crippen LogP contribution in [0.4, 0.5) is 0 Å². The van der Waals surface area contributed by atoms with Crippen LogP contribution in [0, 0.1) is 0 Å². The maximum Gasteiger partial charge on any atom is 0.330 e. The van der Waals surface area contributed by atoms with Crippen LogP contribution >= 0.6 is 11.6 Å². The van der Waals surface area contributed by atoms with E-state index in [-0.39, 0.29) is 20.0 Å². The number of carbonyl (C=O) groups is 1. The van der Waals surface area contributed by atoms with Gasteiger partial charge in [0.1, 0.15) is 19.0 Å². The van der Waals surface area contributed by atoms with Crippen molar-refractivity contribution in [2.45, 2.75) is 0 Å². The minimum atomic E-state index is -0.442. The number of hydrogen-bond acceptors (Lipinski definition) is 5. The lowest BCUT2D eigenvalue weighted by Gasteiger charge is -2.06. The van der Waals surface area contributed by atoms with Gasteiger partial charge in [-0.1, -0.05) is 23.7 Å². The Labute approximate surface area is 144 Å². The van der Waals surface area contributed by atoms with Gasteiger partial charge in [0.2, 0.25) is 6.79 Å². The van der Waals surface area contributed by atoms with E-state index in [1.54, 1.807) is 42.5 Å². The predicted molar refractivity (Wildman–Crippen MR) is 89.5 cm³/mol. The van der Waals surface area contributed by atoms with Gasteiger partial charge in [-0.15, -0.1) is 0 Å². The Morgan fingerprint density at radius 1 is 1.12 bits per heavy atom. The van der Waals surface area contributed by atoms with Crippen molar-refractivity contribution >= 4 is 23.6 Å². The molecule has 1 aliphatic heterocycles. The van der Waals surface area contributed by atoms with Gasteiger partial charge < -0.3 is 18.9 Å². The van der Waals surface area contributed by atoms with E-state index in [2.05, 4.69) is 0 Å². The van der Waals surface area contributed by atoms with Crippen molar-refractivity contribution in [2.24, 2.45) is 0 Å². The zero-order valence-electron chi connectivity index (χ0n) is 12.7. The Bertz CT molecular complexity index is 757. The van der Waals surface area contributed by atoms with Crippen molar-refractivity contribution in [3.63, 3.8) is 0 Å². The molecular formula is C18H15ClO5. The van der Waals surface area contributed by atoms with E-state index in [1.807, 2.05) is 6.07 Å². The molecule has 2 aromatic rings. The van der Waals surface area contributed by atoms with Crippen molar-refractivity contribution in [3.8, 4) is 17.2 Å². The Kier molecular flexibility index (Phi) is 5.23. The number of fused-ring (bicyclic) bond motifs is 1. The highest BCUT2D eigenvalue weighted by Crippen LogP contribution is 2.32. The molecule has 3 rings (SSSR count). The molecule has 6 heteroatoms. The maximum absolute atomic E-state index is 11.7. The van der Waals surface area contributed by atoms with Crippen molar-refractivity contribution in [1.82, 2.24) is 0 Å².